The van der Waals surface area contributed by atoms with Crippen molar-refractivity contribution in [1.29, 1.82) is 0 Å². The van der Waals surface area contributed by atoms with Crippen LogP contribution in [0.25, 0.3) is 0 Å². The molecule has 1 aromatic heterocycles. The maximum Gasteiger partial charge on any atom is 0.279 e. The highest BCUT2D eigenvalue weighted by Gasteiger charge is 2.57. The summed E-state index contributed by atoms with van der Waals surface area (Å²) in [5.74, 6) is -1.39. The molecule has 2 aliphatic heterocycles. The summed E-state index contributed by atoms with van der Waals surface area (Å²) in [6.45, 7) is 1.81. The fraction of sp³-hybridized carbons (Fsp3) is 0.294. The van der Waals surface area contributed by atoms with E-state index in [0.29, 0.717) is 27.7 Å². The number of oxime groups is 1. The number of anilines is 1. The second-order valence-corrected chi connectivity index (χ2v) is 6.55. The van der Waals surface area contributed by atoms with Crippen LogP contribution in [0.2, 0.25) is 5.02 Å². The molecule has 0 spiro atoms. The van der Waals surface area contributed by atoms with Gasteiger partial charge in [-0.05, 0) is 25.1 Å². The van der Waals surface area contributed by atoms with Crippen molar-refractivity contribution in [2.75, 3.05) is 12.0 Å². The van der Waals surface area contributed by atoms with E-state index in [1.807, 2.05) is 6.92 Å². The molecule has 2 aromatic rings. The average molecular weight is 375 g/mol. The lowest BCUT2D eigenvalue weighted by Crippen LogP contribution is -2.33. The first kappa shape index (κ1) is 16.6. The number of fused-ring (bicyclic) bond motifs is 1. The highest BCUT2D eigenvalue weighted by atomic mass is 35.5. The summed E-state index contributed by atoms with van der Waals surface area (Å²) in [5, 5.41) is 8.64. The Morgan fingerprint density at radius 2 is 2.04 bits per heavy atom. The van der Waals surface area contributed by atoms with Gasteiger partial charge in [-0.25, -0.2) is 4.90 Å². The minimum Gasteiger partial charge on any atom is -0.495 e. The summed E-state index contributed by atoms with van der Waals surface area (Å²) in [4.78, 5) is 32.3. The molecule has 1 fully saturated rings. The van der Waals surface area contributed by atoms with E-state index in [2.05, 4.69) is 10.3 Å². The number of hydrogen-bond donors (Lipinski definition) is 0. The summed E-state index contributed by atoms with van der Waals surface area (Å²) in [5.41, 5.74) is 2.08. The molecule has 9 heteroatoms. The van der Waals surface area contributed by atoms with Gasteiger partial charge in [0.25, 0.3) is 5.91 Å². The summed E-state index contributed by atoms with van der Waals surface area (Å²) in [6, 6.07) is 4.74. The second kappa shape index (κ2) is 5.84. The van der Waals surface area contributed by atoms with Gasteiger partial charge in [0.15, 0.2) is 0 Å². The van der Waals surface area contributed by atoms with Gasteiger partial charge < -0.3 is 9.57 Å². The Hall–Kier alpha value is -2.87. The fourth-order valence-electron chi connectivity index (χ4n) is 3.33. The van der Waals surface area contributed by atoms with E-state index in [0.717, 1.165) is 4.90 Å². The quantitative estimate of drug-likeness (QED) is 0.763. The molecule has 4 rings (SSSR count). The molecule has 2 atom stereocenters. The third-order valence-corrected chi connectivity index (χ3v) is 4.72. The summed E-state index contributed by atoms with van der Waals surface area (Å²) < 4.78 is 6.90. The minimum atomic E-state index is -0.999. The topological polar surface area (TPSA) is 86.0 Å². The van der Waals surface area contributed by atoms with Crippen LogP contribution in [0.5, 0.6) is 5.75 Å². The lowest BCUT2D eigenvalue weighted by Gasteiger charge is -2.18. The number of carbonyl (C=O) groups is 2. The van der Waals surface area contributed by atoms with Crippen molar-refractivity contribution in [2.24, 2.45) is 18.1 Å². The van der Waals surface area contributed by atoms with Gasteiger partial charge >= 0.3 is 0 Å². The number of benzene rings is 1. The molecule has 3 heterocycles. The maximum absolute atomic E-state index is 13.1. The molecule has 2 aliphatic rings. The zero-order chi connectivity index (χ0) is 18.6. The average Bonchev–Trinajstić information content (AvgIpc) is 3.23. The molecule has 2 amide bonds. The molecular weight excluding hydrogens is 360 g/mol. The number of hydrogen-bond acceptors (Lipinski definition) is 6. The predicted octanol–water partition coefficient (Wildman–Crippen LogP) is 1.68. The zero-order valence-electron chi connectivity index (χ0n) is 14.3. The molecule has 26 heavy (non-hydrogen) atoms. The first-order valence-corrected chi connectivity index (χ1v) is 8.26. The van der Waals surface area contributed by atoms with Crippen LogP contribution < -0.4 is 9.64 Å². The third kappa shape index (κ3) is 2.29. The van der Waals surface area contributed by atoms with E-state index in [-0.39, 0.29) is 5.69 Å². The van der Waals surface area contributed by atoms with Crippen LogP contribution in [0, 0.1) is 12.8 Å². The molecule has 0 aliphatic carbocycles. The van der Waals surface area contributed by atoms with Crippen molar-refractivity contribution in [3.63, 3.8) is 0 Å². The highest BCUT2D eigenvalue weighted by Crippen LogP contribution is 2.40. The standard InChI is InChI=1S/C17H15ClN4O4/c1-8-10(7-21(2)19-8)14-13-15(26-20-14)17(24)22(16(13)23)11-6-9(18)4-5-12(11)25-3/h4-7,13,15H,1-3H3. The van der Waals surface area contributed by atoms with Crippen LogP contribution in [0.1, 0.15) is 11.3 Å². The summed E-state index contributed by atoms with van der Waals surface area (Å²) >= 11 is 6.05. The number of halogens is 1. The SMILES string of the molecule is COc1ccc(Cl)cc1N1C(=O)C2ON=C(c3cn(C)nc3C)C2C1=O. The number of rotatable bonds is 3. The van der Waals surface area contributed by atoms with Gasteiger partial charge in [-0.15, -0.1) is 0 Å². The maximum atomic E-state index is 13.1. The molecular formula is C17H15ClN4O4. The smallest absolute Gasteiger partial charge is 0.279 e. The van der Waals surface area contributed by atoms with Crippen molar-refractivity contribution in [3.8, 4) is 5.75 Å². The van der Waals surface area contributed by atoms with Crippen molar-refractivity contribution in [1.82, 2.24) is 9.78 Å². The zero-order valence-corrected chi connectivity index (χ0v) is 15.0. The second-order valence-electron chi connectivity index (χ2n) is 6.11. The van der Waals surface area contributed by atoms with Gasteiger partial charge in [-0.2, -0.15) is 5.10 Å². The molecule has 1 aromatic carbocycles. The molecule has 0 saturated carbocycles. The molecule has 2 unspecified atom stereocenters. The number of aryl methyl sites for hydroxylation is 2. The monoisotopic (exact) mass is 374 g/mol. The van der Waals surface area contributed by atoms with Gasteiger partial charge in [-0.1, -0.05) is 16.8 Å². The number of amides is 2. The van der Waals surface area contributed by atoms with E-state index in [4.69, 9.17) is 21.2 Å². The van der Waals surface area contributed by atoms with Crippen LogP contribution in [0.15, 0.2) is 29.6 Å². The number of methoxy groups -OCH3 is 1. The Morgan fingerprint density at radius 1 is 1.27 bits per heavy atom. The van der Waals surface area contributed by atoms with E-state index in [1.54, 1.807) is 30.1 Å². The molecule has 8 nitrogen and oxygen atoms in total. The first-order valence-electron chi connectivity index (χ1n) is 7.88. The van der Waals surface area contributed by atoms with E-state index >= 15 is 0 Å². The molecule has 0 bridgehead atoms. The Morgan fingerprint density at radius 3 is 2.69 bits per heavy atom. The summed E-state index contributed by atoms with van der Waals surface area (Å²) in [7, 11) is 3.23. The number of nitrogens with zero attached hydrogens (tertiary/aromatic N) is 4. The Labute approximate surface area is 153 Å². The first-order chi connectivity index (χ1) is 12.4. The van der Waals surface area contributed by atoms with Gasteiger partial charge in [-0.3, -0.25) is 14.3 Å². The largest absolute Gasteiger partial charge is 0.495 e. The van der Waals surface area contributed by atoms with E-state index in [9.17, 15) is 9.59 Å². The van der Waals surface area contributed by atoms with E-state index < -0.39 is 23.8 Å². The predicted molar refractivity (Wildman–Crippen MR) is 93.3 cm³/mol. The molecule has 0 radical (unpaired) electrons. The van der Waals surface area contributed by atoms with Gasteiger partial charge in [0.2, 0.25) is 12.0 Å². The van der Waals surface area contributed by atoms with Crippen LogP contribution >= 0.6 is 11.6 Å². The minimum absolute atomic E-state index is 0.287. The lowest BCUT2D eigenvalue weighted by atomic mass is 9.94. The van der Waals surface area contributed by atoms with Crippen LogP contribution in [-0.4, -0.2) is 40.5 Å². The molecule has 0 N–H and O–H groups in total. The lowest BCUT2D eigenvalue weighted by molar-refractivity contribution is -0.126. The van der Waals surface area contributed by atoms with Crippen LogP contribution in [0.3, 0.4) is 0 Å². The Kier molecular flexibility index (Phi) is 3.73. The number of aromatic nitrogens is 2. The van der Waals surface area contributed by atoms with Crippen LogP contribution in [-0.2, 0) is 21.5 Å². The van der Waals surface area contributed by atoms with Crippen molar-refractivity contribution >= 4 is 34.8 Å². The third-order valence-electron chi connectivity index (χ3n) is 4.48. The van der Waals surface area contributed by atoms with Gasteiger partial charge in [0.05, 0.1) is 18.5 Å². The Bertz CT molecular complexity index is 968. The van der Waals surface area contributed by atoms with Crippen molar-refractivity contribution in [3.05, 3.63) is 40.7 Å². The van der Waals surface area contributed by atoms with Crippen LogP contribution in [0.4, 0.5) is 5.69 Å². The van der Waals surface area contributed by atoms with Crippen molar-refractivity contribution in [2.45, 2.75) is 13.0 Å². The fourth-order valence-corrected chi connectivity index (χ4v) is 3.49. The summed E-state index contributed by atoms with van der Waals surface area (Å²) in [6.07, 6.45) is 0.751. The Balaban J connectivity index is 1.76. The highest BCUT2D eigenvalue weighted by molar-refractivity contribution is 6.34. The van der Waals surface area contributed by atoms with Crippen molar-refractivity contribution < 1.29 is 19.2 Å². The van der Waals surface area contributed by atoms with Gasteiger partial charge in [0.1, 0.15) is 17.4 Å². The van der Waals surface area contributed by atoms with Gasteiger partial charge in [0, 0.05) is 23.8 Å². The number of ether oxygens (including phenoxy) is 1. The molecule has 134 valence electrons. The molecule has 1 saturated heterocycles. The number of imide groups is 1. The normalized spacial score (nSPS) is 21.7. The number of carbonyl (C=O) groups excluding carboxylic acids is 2. The van der Waals surface area contributed by atoms with E-state index in [1.165, 1.54) is 13.2 Å².